The van der Waals surface area contributed by atoms with Crippen molar-refractivity contribution in [3.8, 4) is 17.1 Å². The molecule has 3 aromatic rings. The highest BCUT2D eigenvalue weighted by Gasteiger charge is 2.15. The maximum Gasteiger partial charge on any atom is 0.153 e. The average molecular weight is 299 g/mol. The second-order valence-corrected chi connectivity index (χ2v) is 4.90. The van der Waals surface area contributed by atoms with Gasteiger partial charge >= 0.3 is 0 Å². The van der Waals surface area contributed by atoms with Crippen LogP contribution in [0.5, 0.6) is 0 Å². The Bertz CT molecular complexity index is 796. The van der Waals surface area contributed by atoms with Crippen molar-refractivity contribution in [3.63, 3.8) is 0 Å². The van der Waals surface area contributed by atoms with Crippen LogP contribution in [-0.4, -0.2) is 26.0 Å². The number of carbonyl (C=O) groups excluding carboxylic acids is 1. The van der Waals surface area contributed by atoms with Gasteiger partial charge in [-0.2, -0.15) is 5.10 Å². The van der Waals surface area contributed by atoms with Crippen LogP contribution in [0.15, 0.2) is 42.9 Å². The molecule has 0 spiro atoms. The van der Waals surface area contributed by atoms with Crippen molar-refractivity contribution in [1.29, 1.82) is 0 Å². The van der Waals surface area contributed by atoms with E-state index >= 15 is 0 Å². The molecule has 1 aromatic carbocycles. The topological polar surface area (TPSA) is 60.7 Å². The minimum absolute atomic E-state index is 0.466. The largest absolute Gasteiger partial charge is 0.298 e. The van der Waals surface area contributed by atoms with Crippen LogP contribution in [0.3, 0.4) is 0 Å². The average Bonchev–Trinajstić information content (AvgIpc) is 2.92. The number of aldehydes is 1. The summed E-state index contributed by atoms with van der Waals surface area (Å²) in [5.41, 5.74) is 3.13. The molecular weight excluding hydrogens is 288 g/mol. The Morgan fingerprint density at radius 2 is 1.81 bits per heavy atom. The summed E-state index contributed by atoms with van der Waals surface area (Å²) in [5.74, 6) is 0. The normalized spacial score (nSPS) is 10.6. The Kier molecular flexibility index (Phi) is 3.50. The third kappa shape index (κ3) is 2.55. The van der Waals surface area contributed by atoms with Crippen LogP contribution in [0, 0.1) is 6.92 Å². The monoisotopic (exact) mass is 298 g/mol. The number of hydrogen-bond acceptors (Lipinski definition) is 4. The van der Waals surface area contributed by atoms with Crippen LogP contribution >= 0.6 is 11.6 Å². The maximum atomic E-state index is 11.3. The third-order valence-corrected chi connectivity index (χ3v) is 3.32. The molecule has 21 heavy (non-hydrogen) atoms. The lowest BCUT2D eigenvalue weighted by Gasteiger charge is -2.02. The van der Waals surface area contributed by atoms with E-state index in [-0.39, 0.29) is 0 Å². The number of aryl methyl sites for hydroxylation is 1. The van der Waals surface area contributed by atoms with Crippen LogP contribution in [-0.2, 0) is 0 Å². The molecule has 0 aliphatic rings. The predicted octanol–water partition coefficient (Wildman–Crippen LogP) is 3.10. The Labute approximate surface area is 126 Å². The van der Waals surface area contributed by atoms with Crippen molar-refractivity contribution in [3.05, 3.63) is 59.1 Å². The molecule has 0 amide bonds. The summed E-state index contributed by atoms with van der Waals surface area (Å²) >= 11 is 5.88. The van der Waals surface area contributed by atoms with Gasteiger partial charge in [0.2, 0.25) is 0 Å². The molecule has 0 fully saturated rings. The van der Waals surface area contributed by atoms with Gasteiger partial charge in [0, 0.05) is 23.6 Å². The zero-order valence-corrected chi connectivity index (χ0v) is 11.9. The van der Waals surface area contributed by atoms with Crippen LogP contribution in [0.2, 0.25) is 5.02 Å². The molecule has 2 heterocycles. The summed E-state index contributed by atoms with van der Waals surface area (Å²) < 4.78 is 1.63. The van der Waals surface area contributed by atoms with Gasteiger partial charge in [0.05, 0.1) is 16.9 Å². The van der Waals surface area contributed by atoms with E-state index < -0.39 is 0 Å². The molecule has 0 radical (unpaired) electrons. The fraction of sp³-hybridized carbons (Fsp3) is 0.0667. The SMILES string of the molecule is Cc1nccnc1-c1nn(-c2ccc(Cl)cc2)cc1C=O. The van der Waals surface area contributed by atoms with E-state index in [0.717, 1.165) is 17.7 Å². The minimum Gasteiger partial charge on any atom is -0.298 e. The smallest absolute Gasteiger partial charge is 0.153 e. The molecule has 104 valence electrons. The van der Waals surface area contributed by atoms with Crippen LogP contribution in [0.4, 0.5) is 0 Å². The second kappa shape index (κ2) is 5.46. The molecule has 5 nitrogen and oxygen atoms in total. The summed E-state index contributed by atoms with van der Waals surface area (Å²) in [4.78, 5) is 19.7. The summed E-state index contributed by atoms with van der Waals surface area (Å²) in [5, 5.41) is 5.10. The lowest BCUT2D eigenvalue weighted by molar-refractivity contribution is 0.112. The maximum absolute atomic E-state index is 11.3. The number of benzene rings is 1. The van der Waals surface area contributed by atoms with Crippen molar-refractivity contribution >= 4 is 17.9 Å². The molecule has 0 unspecified atom stereocenters. The molecular formula is C15H11ClN4O. The first-order chi connectivity index (χ1) is 10.2. The lowest BCUT2D eigenvalue weighted by Crippen LogP contribution is -1.96. The van der Waals surface area contributed by atoms with Gasteiger partial charge in [-0.05, 0) is 31.2 Å². The van der Waals surface area contributed by atoms with Gasteiger partial charge in [0.15, 0.2) is 6.29 Å². The molecule has 2 aromatic heterocycles. The first-order valence-electron chi connectivity index (χ1n) is 6.28. The second-order valence-electron chi connectivity index (χ2n) is 4.46. The number of rotatable bonds is 3. The number of nitrogens with zero attached hydrogens (tertiary/aromatic N) is 4. The molecule has 0 atom stereocenters. The van der Waals surface area contributed by atoms with Crippen molar-refractivity contribution in [2.45, 2.75) is 6.92 Å². The molecule has 0 N–H and O–H groups in total. The quantitative estimate of drug-likeness (QED) is 0.697. The van der Waals surface area contributed by atoms with E-state index in [9.17, 15) is 4.79 Å². The highest BCUT2D eigenvalue weighted by molar-refractivity contribution is 6.30. The lowest BCUT2D eigenvalue weighted by atomic mass is 10.2. The van der Waals surface area contributed by atoms with Crippen molar-refractivity contribution < 1.29 is 4.79 Å². The van der Waals surface area contributed by atoms with Crippen LogP contribution in [0.25, 0.3) is 17.1 Å². The molecule has 6 heteroatoms. The number of aromatic nitrogens is 4. The van der Waals surface area contributed by atoms with E-state index in [4.69, 9.17) is 11.6 Å². The Morgan fingerprint density at radius 1 is 1.10 bits per heavy atom. The molecule has 3 rings (SSSR count). The third-order valence-electron chi connectivity index (χ3n) is 3.07. The van der Waals surface area contributed by atoms with Crippen LogP contribution in [0.1, 0.15) is 16.1 Å². The summed E-state index contributed by atoms with van der Waals surface area (Å²) in [6.07, 6.45) is 5.62. The van der Waals surface area contributed by atoms with Gasteiger partial charge in [-0.15, -0.1) is 0 Å². The Morgan fingerprint density at radius 3 is 2.48 bits per heavy atom. The fourth-order valence-electron chi connectivity index (χ4n) is 2.02. The van der Waals surface area contributed by atoms with E-state index in [1.54, 1.807) is 35.4 Å². The summed E-state index contributed by atoms with van der Waals surface area (Å²) in [7, 11) is 0. The summed E-state index contributed by atoms with van der Waals surface area (Å²) in [6, 6.07) is 7.20. The highest BCUT2D eigenvalue weighted by Crippen LogP contribution is 2.23. The van der Waals surface area contributed by atoms with E-state index in [1.807, 2.05) is 19.1 Å². The molecule has 0 aliphatic carbocycles. The standard InChI is InChI=1S/C15H11ClN4O/c1-10-14(18-7-6-17-10)15-11(9-21)8-20(19-15)13-4-2-12(16)3-5-13/h2-9H,1H3. The molecule has 0 bridgehead atoms. The van der Waals surface area contributed by atoms with Gasteiger partial charge in [-0.1, -0.05) is 11.6 Å². The van der Waals surface area contributed by atoms with Gasteiger partial charge < -0.3 is 0 Å². The number of halogens is 1. The molecule has 0 saturated heterocycles. The van der Waals surface area contributed by atoms with E-state index in [1.165, 1.54) is 0 Å². The van der Waals surface area contributed by atoms with E-state index in [0.29, 0.717) is 22.0 Å². The predicted molar refractivity (Wildman–Crippen MR) is 79.7 cm³/mol. The van der Waals surface area contributed by atoms with Gasteiger partial charge in [-0.3, -0.25) is 14.8 Å². The first kappa shape index (κ1) is 13.5. The Hall–Kier alpha value is -2.53. The van der Waals surface area contributed by atoms with E-state index in [2.05, 4.69) is 15.1 Å². The Balaban J connectivity index is 2.13. The van der Waals surface area contributed by atoms with Crippen molar-refractivity contribution in [2.24, 2.45) is 0 Å². The number of hydrogen-bond donors (Lipinski definition) is 0. The van der Waals surface area contributed by atoms with Crippen molar-refractivity contribution in [1.82, 2.24) is 19.7 Å². The van der Waals surface area contributed by atoms with Crippen LogP contribution < -0.4 is 0 Å². The minimum atomic E-state index is 0.466. The van der Waals surface area contributed by atoms with Gasteiger partial charge in [0.1, 0.15) is 11.4 Å². The van der Waals surface area contributed by atoms with Gasteiger partial charge in [0.25, 0.3) is 0 Å². The van der Waals surface area contributed by atoms with Crippen molar-refractivity contribution in [2.75, 3.05) is 0 Å². The molecule has 0 aliphatic heterocycles. The zero-order chi connectivity index (χ0) is 14.8. The highest BCUT2D eigenvalue weighted by atomic mass is 35.5. The zero-order valence-electron chi connectivity index (χ0n) is 11.2. The summed E-state index contributed by atoms with van der Waals surface area (Å²) in [6.45, 7) is 1.83. The van der Waals surface area contributed by atoms with Gasteiger partial charge in [-0.25, -0.2) is 4.68 Å². The molecule has 0 saturated carbocycles. The number of carbonyl (C=O) groups is 1. The fourth-order valence-corrected chi connectivity index (χ4v) is 2.15. The first-order valence-corrected chi connectivity index (χ1v) is 6.65.